The van der Waals surface area contributed by atoms with E-state index >= 15 is 0 Å². The van der Waals surface area contributed by atoms with Crippen molar-refractivity contribution in [2.24, 2.45) is 11.8 Å². The van der Waals surface area contributed by atoms with Crippen LogP contribution in [0.4, 0.5) is 5.69 Å². The van der Waals surface area contributed by atoms with Crippen molar-refractivity contribution in [3.63, 3.8) is 0 Å². The molecule has 0 N–H and O–H groups in total. The fourth-order valence-corrected chi connectivity index (χ4v) is 6.33. The largest absolute Gasteiger partial charge is 0.465 e. The summed E-state index contributed by atoms with van der Waals surface area (Å²) in [5, 5.41) is 1.92. The molecule has 0 radical (unpaired) electrons. The molecule has 3 atom stereocenters. The van der Waals surface area contributed by atoms with E-state index in [0.717, 1.165) is 10.8 Å². The minimum Gasteiger partial charge on any atom is -0.465 e. The highest BCUT2D eigenvalue weighted by molar-refractivity contribution is 6.12. The first-order valence-corrected chi connectivity index (χ1v) is 13.1. The molecule has 39 heavy (non-hydrogen) atoms. The Morgan fingerprint density at radius 1 is 0.795 bits per heavy atom. The van der Waals surface area contributed by atoms with Crippen molar-refractivity contribution in [2.45, 2.75) is 18.3 Å². The summed E-state index contributed by atoms with van der Waals surface area (Å²) in [5.41, 5.74) is 0.943. The van der Waals surface area contributed by atoms with Gasteiger partial charge in [0, 0.05) is 42.6 Å². The van der Waals surface area contributed by atoms with Crippen LogP contribution in [0, 0.1) is 11.8 Å². The standard InChI is InChI=1S/C33H27NO5/c1-34-28-14-8-7-13-26(28)33(32(34)38)25(18-29(35)22-10-3-2-4-11-22)20-39-31(37)27(33)19-30(36)24-16-15-21-9-5-6-12-23(21)17-24/h2-17,25,27H,18-20H2,1H3/t25-,27-,33-/m0/s1. The Morgan fingerprint density at radius 2 is 1.46 bits per heavy atom. The van der Waals surface area contributed by atoms with E-state index in [4.69, 9.17) is 4.74 Å². The van der Waals surface area contributed by atoms with Crippen LogP contribution in [0.3, 0.4) is 0 Å². The normalized spacial score (nSPS) is 22.1. The molecule has 1 saturated heterocycles. The van der Waals surface area contributed by atoms with Crippen molar-refractivity contribution >= 4 is 39.9 Å². The first-order chi connectivity index (χ1) is 18.9. The number of esters is 1. The Kier molecular flexibility index (Phi) is 6.10. The summed E-state index contributed by atoms with van der Waals surface area (Å²) in [5.74, 6) is -2.98. The number of para-hydroxylation sites is 1. The van der Waals surface area contributed by atoms with Crippen LogP contribution >= 0.6 is 0 Å². The van der Waals surface area contributed by atoms with Crippen LogP contribution in [-0.4, -0.2) is 37.1 Å². The number of amides is 1. The second-order valence-electron chi connectivity index (χ2n) is 10.3. The van der Waals surface area contributed by atoms with E-state index in [-0.39, 0.29) is 36.9 Å². The van der Waals surface area contributed by atoms with Gasteiger partial charge in [0.25, 0.3) is 0 Å². The van der Waals surface area contributed by atoms with Gasteiger partial charge in [0.2, 0.25) is 5.91 Å². The lowest BCUT2D eigenvalue weighted by Gasteiger charge is -2.44. The van der Waals surface area contributed by atoms with Crippen molar-refractivity contribution in [3.05, 3.63) is 114 Å². The fraction of sp³-hybridized carbons (Fsp3) is 0.212. The predicted octanol–water partition coefficient (Wildman–Crippen LogP) is 5.39. The Bertz CT molecular complexity index is 1630. The number of anilines is 1. The molecule has 2 aliphatic heterocycles. The number of hydrogen-bond donors (Lipinski definition) is 0. The summed E-state index contributed by atoms with van der Waals surface area (Å²) >= 11 is 0. The summed E-state index contributed by atoms with van der Waals surface area (Å²) in [6.07, 6.45) is -0.201. The van der Waals surface area contributed by atoms with E-state index in [9.17, 15) is 19.2 Å². The number of cyclic esters (lactones) is 1. The number of fused-ring (bicyclic) bond motifs is 3. The molecule has 0 aromatic heterocycles. The lowest BCUT2D eigenvalue weighted by atomic mass is 9.59. The van der Waals surface area contributed by atoms with Gasteiger partial charge in [0.05, 0.1) is 17.9 Å². The van der Waals surface area contributed by atoms with Crippen LogP contribution < -0.4 is 4.90 Å². The molecule has 6 nitrogen and oxygen atoms in total. The van der Waals surface area contributed by atoms with Crippen molar-refractivity contribution in [1.29, 1.82) is 0 Å². The van der Waals surface area contributed by atoms with Gasteiger partial charge in [-0.25, -0.2) is 0 Å². The molecular formula is C33H27NO5. The second kappa shape index (κ2) is 9.62. The molecule has 2 aliphatic rings. The number of benzene rings is 4. The monoisotopic (exact) mass is 517 g/mol. The number of Topliss-reactive ketones (excluding diaryl/α,β-unsaturated/α-hetero) is 2. The van der Waals surface area contributed by atoms with E-state index in [1.54, 1.807) is 42.3 Å². The van der Waals surface area contributed by atoms with Crippen LogP contribution in [0.2, 0.25) is 0 Å². The van der Waals surface area contributed by atoms with Crippen LogP contribution in [0.5, 0.6) is 0 Å². The van der Waals surface area contributed by atoms with Gasteiger partial charge in [0.1, 0.15) is 0 Å². The molecule has 1 spiro atoms. The highest BCUT2D eigenvalue weighted by Crippen LogP contribution is 2.55. The number of likely N-dealkylation sites (N-methyl/N-ethyl adjacent to an activating group) is 1. The highest BCUT2D eigenvalue weighted by Gasteiger charge is 2.64. The van der Waals surface area contributed by atoms with Gasteiger partial charge in [-0.1, -0.05) is 84.9 Å². The molecule has 194 valence electrons. The van der Waals surface area contributed by atoms with Gasteiger partial charge < -0.3 is 9.64 Å². The number of carbonyl (C=O) groups excluding carboxylic acids is 4. The highest BCUT2D eigenvalue weighted by atomic mass is 16.5. The van der Waals surface area contributed by atoms with Crippen LogP contribution in [0.15, 0.2) is 97.1 Å². The van der Waals surface area contributed by atoms with Crippen LogP contribution in [0.25, 0.3) is 10.8 Å². The lowest BCUT2D eigenvalue weighted by molar-refractivity contribution is -0.167. The number of carbonyl (C=O) groups is 4. The van der Waals surface area contributed by atoms with Crippen molar-refractivity contribution in [2.75, 3.05) is 18.6 Å². The molecule has 0 unspecified atom stereocenters. The van der Waals surface area contributed by atoms with Crippen molar-refractivity contribution in [3.8, 4) is 0 Å². The summed E-state index contributed by atoms with van der Waals surface area (Å²) in [6.45, 7) is -0.0774. The zero-order valence-corrected chi connectivity index (χ0v) is 21.5. The summed E-state index contributed by atoms with van der Waals surface area (Å²) in [7, 11) is 1.67. The van der Waals surface area contributed by atoms with Crippen molar-refractivity contribution in [1.82, 2.24) is 0 Å². The average Bonchev–Trinajstić information content (AvgIpc) is 3.19. The number of hydrogen-bond acceptors (Lipinski definition) is 5. The maximum atomic E-state index is 14.2. The average molecular weight is 518 g/mol. The van der Waals surface area contributed by atoms with Crippen molar-refractivity contribution < 1.29 is 23.9 Å². The first kappa shape index (κ1) is 24.7. The van der Waals surface area contributed by atoms with Gasteiger partial charge in [-0.2, -0.15) is 0 Å². The Labute approximate surface area is 226 Å². The van der Waals surface area contributed by atoms with Crippen LogP contribution in [-0.2, 0) is 19.7 Å². The zero-order chi connectivity index (χ0) is 27.1. The maximum absolute atomic E-state index is 14.2. The van der Waals surface area contributed by atoms with E-state index in [2.05, 4.69) is 0 Å². The van der Waals surface area contributed by atoms with E-state index in [1.807, 2.05) is 66.7 Å². The number of rotatable bonds is 6. The molecule has 6 rings (SSSR count). The molecule has 4 aromatic rings. The number of ether oxygens (including phenoxy) is 1. The Balaban J connectivity index is 1.44. The summed E-state index contributed by atoms with van der Waals surface area (Å²) in [4.78, 5) is 56.3. The minimum atomic E-state index is -1.39. The molecule has 0 saturated carbocycles. The molecule has 1 fully saturated rings. The third-order valence-electron chi connectivity index (χ3n) is 8.26. The quantitative estimate of drug-likeness (QED) is 0.253. The smallest absolute Gasteiger partial charge is 0.310 e. The predicted molar refractivity (Wildman–Crippen MR) is 148 cm³/mol. The van der Waals surface area contributed by atoms with Gasteiger partial charge in [-0.15, -0.1) is 0 Å². The summed E-state index contributed by atoms with van der Waals surface area (Å²) < 4.78 is 5.62. The number of ketones is 2. The molecule has 4 aromatic carbocycles. The summed E-state index contributed by atoms with van der Waals surface area (Å²) in [6, 6.07) is 29.4. The van der Waals surface area contributed by atoms with E-state index < -0.39 is 23.2 Å². The SMILES string of the molecule is CN1C(=O)[C@]2(c3ccccc31)[C@@H](CC(=O)c1ccccc1)COC(=O)[C@@H]2CC(=O)c1ccc2ccccc2c1. The Hall–Kier alpha value is -4.58. The van der Waals surface area contributed by atoms with Gasteiger partial charge in [-0.05, 0) is 28.5 Å². The van der Waals surface area contributed by atoms with Gasteiger partial charge in [0.15, 0.2) is 11.6 Å². The van der Waals surface area contributed by atoms with Gasteiger partial charge in [-0.3, -0.25) is 19.2 Å². The molecule has 1 amide bonds. The first-order valence-electron chi connectivity index (χ1n) is 13.1. The minimum absolute atomic E-state index is 0.00583. The Morgan fingerprint density at radius 3 is 2.26 bits per heavy atom. The second-order valence-corrected chi connectivity index (χ2v) is 10.3. The third-order valence-corrected chi connectivity index (χ3v) is 8.26. The van der Waals surface area contributed by atoms with E-state index in [1.165, 1.54) is 0 Å². The topological polar surface area (TPSA) is 80.8 Å². The molecule has 6 heteroatoms. The molecule has 2 heterocycles. The molecular weight excluding hydrogens is 490 g/mol. The number of nitrogens with zero attached hydrogens (tertiary/aromatic N) is 1. The van der Waals surface area contributed by atoms with Gasteiger partial charge >= 0.3 is 5.97 Å². The zero-order valence-electron chi connectivity index (χ0n) is 21.5. The molecule has 0 bridgehead atoms. The van der Waals surface area contributed by atoms with E-state index in [0.29, 0.717) is 22.4 Å². The fourth-order valence-electron chi connectivity index (χ4n) is 6.33. The van der Waals surface area contributed by atoms with Crippen LogP contribution in [0.1, 0.15) is 39.1 Å². The molecule has 0 aliphatic carbocycles. The third kappa shape index (κ3) is 3.95. The maximum Gasteiger partial charge on any atom is 0.310 e. The lowest BCUT2D eigenvalue weighted by Crippen LogP contribution is -2.58.